The molecule has 182 valence electrons. The molecule has 35 heavy (non-hydrogen) atoms. The third-order valence-electron chi connectivity index (χ3n) is 5.20. The molecule has 3 aromatic rings. The number of fused-ring (bicyclic) bond motifs is 1. The zero-order chi connectivity index (χ0) is 24.7. The quantitative estimate of drug-likeness (QED) is 0.361. The van der Waals surface area contributed by atoms with Crippen molar-refractivity contribution in [1.82, 2.24) is 9.73 Å². The largest absolute Gasteiger partial charge is 0.496 e. The van der Waals surface area contributed by atoms with Crippen molar-refractivity contribution in [1.29, 1.82) is 0 Å². The third-order valence-corrected chi connectivity index (χ3v) is 6.99. The number of hydrogen-bond donors (Lipinski definition) is 1. The van der Waals surface area contributed by atoms with Gasteiger partial charge in [-0.2, -0.15) is 9.41 Å². The minimum Gasteiger partial charge on any atom is -0.496 e. The van der Waals surface area contributed by atoms with Crippen LogP contribution in [0.2, 0.25) is 0 Å². The second-order valence-corrected chi connectivity index (χ2v) is 9.54. The van der Waals surface area contributed by atoms with Gasteiger partial charge in [0, 0.05) is 18.2 Å². The fraction of sp³-hybridized carbons (Fsp3) is 0.200. The summed E-state index contributed by atoms with van der Waals surface area (Å²) in [7, 11) is -2.51. The van der Waals surface area contributed by atoms with E-state index in [0.717, 1.165) is 9.87 Å². The number of methoxy groups -OCH3 is 1. The van der Waals surface area contributed by atoms with Crippen molar-refractivity contribution in [2.45, 2.75) is 11.4 Å². The highest BCUT2D eigenvalue weighted by molar-refractivity contribution is 7.89. The number of para-hydroxylation sites is 1. The monoisotopic (exact) mass is 495 g/mol. The Balaban J connectivity index is 1.54. The highest BCUT2D eigenvalue weighted by atomic mass is 32.2. The summed E-state index contributed by atoms with van der Waals surface area (Å²) in [5.74, 6) is 0.835. The van der Waals surface area contributed by atoms with Crippen molar-refractivity contribution < 1.29 is 27.4 Å². The molecular weight excluding hydrogens is 470 g/mol. The van der Waals surface area contributed by atoms with E-state index in [1.165, 1.54) is 25.5 Å². The van der Waals surface area contributed by atoms with Crippen molar-refractivity contribution in [3.05, 3.63) is 83.9 Å². The average molecular weight is 496 g/mol. The number of nitrogens with one attached hydrogen (secondary N) is 1. The summed E-state index contributed by atoms with van der Waals surface area (Å²) in [5, 5.41) is 3.96. The van der Waals surface area contributed by atoms with Crippen LogP contribution >= 0.6 is 0 Å². The predicted molar refractivity (Wildman–Crippen MR) is 130 cm³/mol. The van der Waals surface area contributed by atoms with Crippen molar-refractivity contribution in [3.63, 3.8) is 0 Å². The number of hydrazone groups is 1. The van der Waals surface area contributed by atoms with Crippen LogP contribution in [0.4, 0.5) is 0 Å². The summed E-state index contributed by atoms with van der Waals surface area (Å²) in [6.07, 6.45) is 1.44. The maximum Gasteiger partial charge on any atom is 0.255 e. The van der Waals surface area contributed by atoms with Gasteiger partial charge < -0.3 is 14.2 Å². The zero-order valence-corrected chi connectivity index (χ0v) is 19.9. The predicted octanol–water partition coefficient (Wildman–Crippen LogP) is 2.81. The van der Waals surface area contributed by atoms with Crippen LogP contribution in [0.5, 0.6) is 17.2 Å². The highest BCUT2D eigenvalue weighted by Gasteiger charge is 2.28. The first-order valence-electron chi connectivity index (χ1n) is 10.9. The normalized spacial score (nSPS) is 13.1. The molecule has 0 saturated heterocycles. The van der Waals surface area contributed by atoms with E-state index < -0.39 is 22.5 Å². The lowest BCUT2D eigenvalue weighted by atomic mass is 10.2. The van der Waals surface area contributed by atoms with E-state index in [-0.39, 0.29) is 11.4 Å². The number of amides is 1. The maximum atomic E-state index is 13.5. The SMILES string of the molecule is COc1ccccc1/C=N\NC(=O)CN(Cc1ccccc1)S(=O)(=O)c1ccc2c(c1)OCCO2. The van der Waals surface area contributed by atoms with Gasteiger partial charge in [-0.25, -0.2) is 13.8 Å². The average Bonchev–Trinajstić information content (AvgIpc) is 2.89. The van der Waals surface area contributed by atoms with E-state index in [1.54, 1.807) is 30.3 Å². The standard InChI is InChI=1S/C25H25N3O6S/c1-32-22-10-6-5-9-20(22)16-26-27-25(29)18-28(17-19-7-3-2-4-8-19)35(30,31)21-11-12-23-24(15-21)34-14-13-33-23/h2-12,15-16H,13-14,17-18H2,1H3,(H,27,29)/b26-16-. The fourth-order valence-corrected chi connectivity index (χ4v) is 4.89. The molecule has 3 aromatic carbocycles. The molecule has 1 heterocycles. The number of rotatable bonds is 9. The number of hydrogen-bond acceptors (Lipinski definition) is 7. The molecule has 0 aliphatic carbocycles. The van der Waals surface area contributed by atoms with E-state index in [4.69, 9.17) is 14.2 Å². The molecule has 10 heteroatoms. The number of carbonyl (C=O) groups excluding carboxylic acids is 1. The van der Waals surface area contributed by atoms with E-state index in [0.29, 0.717) is 36.0 Å². The fourth-order valence-electron chi connectivity index (χ4n) is 3.49. The summed E-state index contributed by atoms with van der Waals surface area (Å²) in [6, 6.07) is 20.6. The molecule has 0 bridgehead atoms. The van der Waals surface area contributed by atoms with E-state index in [1.807, 2.05) is 30.3 Å². The van der Waals surface area contributed by atoms with Crippen LogP contribution in [0, 0.1) is 0 Å². The number of sulfonamides is 1. The molecular formula is C25H25N3O6S. The molecule has 0 fully saturated rings. The molecule has 0 spiro atoms. The van der Waals surface area contributed by atoms with Crippen molar-refractivity contribution in [2.24, 2.45) is 5.10 Å². The van der Waals surface area contributed by atoms with E-state index >= 15 is 0 Å². The molecule has 0 atom stereocenters. The molecule has 0 saturated carbocycles. The molecule has 4 rings (SSSR count). The molecule has 0 unspecified atom stereocenters. The molecule has 0 radical (unpaired) electrons. The van der Waals surface area contributed by atoms with Gasteiger partial charge in [-0.1, -0.05) is 42.5 Å². The van der Waals surface area contributed by atoms with E-state index in [2.05, 4.69) is 10.5 Å². The van der Waals surface area contributed by atoms with Crippen LogP contribution in [0.15, 0.2) is 82.8 Å². The Kier molecular flexibility index (Phi) is 7.64. The summed E-state index contributed by atoms with van der Waals surface area (Å²) in [6.45, 7) is 0.293. The first-order chi connectivity index (χ1) is 17.0. The van der Waals surface area contributed by atoms with Crippen molar-refractivity contribution in [3.8, 4) is 17.2 Å². The van der Waals surface area contributed by atoms with Gasteiger partial charge in [0.15, 0.2) is 11.5 Å². The molecule has 9 nitrogen and oxygen atoms in total. The molecule has 1 aliphatic rings. The number of carbonyl (C=O) groups is 1. The van der Waals surface area contributed by atoms with Crippen molar-refractivity contribution >= 4 is 22.1 Å². The number of nitrogens with zero attached hydrogens (tertiary/aromatic N) is 2. The van der Waals surface area contributed by atoms with Gasteiger partial charge in [0.2, 0.25) is 10.0 Å². The maximum absolute atomic E-state index is 13.5. The van der Waals surface area contributed by atoms with Crippen LogP contribution in [0.25, 0.3) is 0 Å². The lowest BCUT2D eigenvalue weighted by Gasteiger charge is -2.23. The second kappa shape index (κ2) is 11.0. The Bertz CT molecular complexity index is 1310. The Hall–Kier alpha value is -3.89. The number of ether oxygens (including phenoxy) is 3. The summed E-state index contributed by atoms with van der Waals surface area (Å²) in [4.78, 5) is 12.7. The first kappa shape index (κ1) is 24.2. The van der Waals surface area contributed by atoms with Gasteiger partial charge in [0.25, 0.3) is 5.91 Å². The zero-order valence-electron chi connectivity index (χ0n) is 19.1. The summed E-state index contributed by atoms with van der Waals surface area (Å²) in [5.41, 5.74) is 3.80. The lowest BCUT2D eigenvalue weighted by Crippen LogP contribution is -2.39. The molecule has 0 aromatic heterocycles. The highest BCUT2D eigenvalue weighted by Crippen LogP contribution is 2.33. The Morgan fingerprint density at radius 1 is 1.03 bits per heavy atom. The third kappa shape index (κ3) is 5.97. The van der Waals surface area contributed by atoms with Crippen LogP contribution in [-0.2, 0) is 21.4 Å². The minimum absolute atomic E-state index is 0.00125. The van der Waals surface area contributed by atoms with Gasteiger partial charge in [-0.15, -0.1) is 0 Å². The van der Waals surface area contributed by atoms with Crippen LogP contribution < -0.4 is 19.6 Å². The second-order valence-electron chi connectivity index (χ2n) is 7.60. The smallest absolute Gasteiger partial charge is 0.255 e. The first-order valence-corrected chi connectivity index (χ1v) is 12.3. The Morgan fingerprint density at radius 2 is 1.74 bits per heavy atom. The van der Waals surface area contributed by atoms with Gasteiger partial charge in [0.05, 0.1) is 24.8 Å². The summed E-state index contributed by atoms with van der Waals surface area (Å²) < 4.78 is 44.4. The Morgan fingerprint density at radius 3 is 2.51 bits per heavy atom. The van der Waals surface area contributed by atoms with Gasteiger partial charge >= 0.3 is 0 Å². The van der Waals surface area contributed by atoms with E-state index in [9.17, 15) is 13.2 Å². The van der Waals surface area contributed by atoms with Gasteiger partial charge in [-0.05, 0) is 29.8 Å². The van der Waals surface area contributed by atoms with Crippen LogP contribution in [0.3, 0.4) is 0 Å². The Labute approximate surface area is 204 Å². The molecule has 1 N–H and O–H groups in total. The lowest BCUT2D eigenvalue weighted by molar-refractivity contribution is -0.121. The molecule has 1 aliphatic heterocycles. The van der Waals surface area contributed by atoms with Crippen molar-refractivity contribution in [2.75, 3.05) is 26.9 Å². The van der Waals surface area contributed by atoms with Crippen LogP contribution in [0.1, 0.15) is 11.1 Å². The number of benzene rings is 3. The summed E-state index contributed by atoms with van der Waals surface area (Å²) >= 11 is 0. The van der Waals surface area contributed by atoms with Gasteiger partial charge in [0.1, 0.15) is 19.0 Å². The van der Waals surface area contributed by atoms with Crippen LogP contribution in [-0.4, -0.2) is 51.7 Å². The molecule has 1 amide bonds. The topological polar surface area (TPSA) is 107 Å². The minimum atomic E-state index is -4.05. The van der Waals surface area contributed by atoms with Gasteiger partial charge in [-0.3, -0.25) is 4.79 Å².